The topological polar surface area (TPSA) is 57.0 Å². The average Bonchev–Trinajstić information content (AvgIpc) is 2.81. The van der Waals surface area contributed by atoms with Gasteiger partial charge in [-0.05, 0) is 41.1 Å². The van der Waals surface area contributed by atoms with Crippen LogP contribution >= 0.6 is 22.6 Å². The van der Waals surface area contributed by atoms with Gasteiger partial charge in [-0.15, -0.1) is 5.10 Å². The summed E-state index contributed by atoms with van der Waals surface area (Å²) in [5.41, 5.74) is 1.35. The summed E-state index contributed by atoms with van der Waals surface area (Å²) in [6.07, 6.45) is 1.42. The third-order valence-electron chi connectivity index (χ3n) is 2.29. The molecular formula is C12H12IN3O2. The molecule has 5 nitrogen and oxygen atoms in total. The van der Waals surface area contributed by atoms with Crippen LogP contribution in [0.25, 0.3) is 0 Å². The van der Waals surface area contributed by atoms with Gasteiger partial charge < -0.3 is 4.74 Å². The molecule has 2 aromatic rings. The van der Waals surface area contributed by atoms with E-state index in [0.29, 0.717) is 13.2 Å². The largest absolute Gasteiger partial charge is 0.461 e. The number of carbonyl (C=O) groups excluding carboxylic acids is 1. The van der Waals surface area contributed by atoms with Crippen LogP contribution < -0.4 is 0 Å². The van der Waals surface area contributed by atoms with E-state index in [4.69, 9.17) is 4.74 Å². The molecule has 0 bridgehead atoms. The van der Waals surface area contributed by atoms with Crippen LogP contribution in [0.4, 0.5) is 0 Å². The molecule has 1 heterocycles. The quantitative estimate of drug-likeness (QED) is 0.621. The van der Waals surface area contributed by atoms with Crippen molar-refractivity contribution in [3.63, 3.8) is 0 Å². The van der Waals surface area contributed by atoms with Crippen LogP contribution in [0.15, 0.2) is 30.5 Å². The summed E-state index contributed by atoms with van der Waals surface area (Å²) in [6.45, 7) is 2.63. The number of halogens is 1. The number of rotatable bonds is 4. The molecule has 0 saturated heterocycles. The number of ether oxygens (including phenoxy) is 1. The van der Waals surface area contributed by atoms with E-state index < -0.39 is 5.97 Å². The number of hydrogen-bond donors (Lipinski definition) is 0. The molecule has 0 radical (unpaired) electrons. The van der Waals surface area contributed by atoms with Crippen molar-refractivity contribution in [2.75, 3.05) is 6.61 Å². The van der Waals surface area contributed by atoms with Crippen molar-refractivity contribution < 1.29 is 9.53 Å². The lowest BCUT2D eigenvalue weighted by molar-refractivity contribution is 0.0518. The Hall–Kier alpha value is -1.44. The van der Waals surface area contributed by atoms with Crippen molar-refractivity contribution in [3.05, 3.63) is 45.3 Å². The van der Waals surface area contributed by atoms with Gasteiger partial charge in [-0.25, -0.2) is 4.79 Å². The molecular weight excluding hydrogens is 345 g/mol. The third kappa shape index (κ3) is 3.06. The highest BCUT2D eigenvalue weighted by Crippen LogP contribution is 2.12. The third-order valence-corrected chi connectivity index (χ3v) is 3.34. The fourth-order valence-corrected chi connectivity index (χ4v) is 2.01. The van der Waals surface area contributed by atoms with Crippen LogP contribution in [-0.4, -0.2) is 27.6 Å². The van der Waals surface area contributed by atoms with Crippen LogP contribution in [0.1, 0.15) is 23.0 Å². The van der Waals surface area contributed by atoms with Gasteiger partial charge in [-0.1, -0.05) is 18.2 Å². The molecule has 0 amide bonds. The van der Waals surface area contributed by atoms with Gasteiger partial charge in [0, 0.05) is 3.57 Å². The summed E-state index contributed by atoms with van der Waals surface area (Å²) in [4.78, 5) is 12.9. The highest BCUT2D eigenvalue weighted by molar-refractivity contribution is 14.1. The second-order valence-electron chi connectivity index (χ2n) is 3.57. The van der Waals surface area contributed by atoms with Crippen molar-refractivity contribution in [2.45, 2.75) is 13.5 Å². The summed E-state index contributed by atoms with van der Waals surface area (Å²) in [5.74, 6) is -0.438. The lowest BCUT2D eigenvalue weighted by Gasteiger charge is -2.02. The maximum Gasteiger partial charge on any atom is 0.360 e. The van der Waals surface area contributed by atoms with Crippen molar-refractivity contribution in [3.8, 4) is 0 Å². The molecule has 94 valence electrons. The Labute approximate surface area is 118 Å². The van der Waals surface area contributed by atoms with Crippen LogP contribution in [0.2, 0.25) is 0 Å². The standard InChI is InChI=1S/C12H12IN3O2/c1-2-18-12(17)11-7-14-16(15-11)8-9-5-3-4-6-10(9)13/h3-7H,2,8H2,1H3. The summed E-state index contributed by atoms with van der Waals surface area (Å²) in [5, 5.41) is 8.15. The monoisotopic (exact) mass is 357 g/mol. The SMILES string of the molecule is CCOC(=O)c1cnn(Cc2ccccc2I)n1. The molecule has 2 rings (SSSR count). The summed E-state index contributed by atoms with van der Waals surface area (Å²) < 4.78 is 6.00. The Morgan fingerprint density at radius 1 is 1.44 bits per heavy atom. The normalized spacial score (nSPS) is 10.3. The molecule has 0 aliphatic heterocycles. The Kier molecular flexibility index (Phi) is 4.29. The minimum absolute atomic E-state index is 0.239. The molecule has 18 heavy (non-hydrogen) atoms. The van der Waals surface area contributed by atoms with E-state index in [1.54, 1.807) is 6.92 Å². The van der Waals surface area contributed by atoms with E-state index in [1.165, 1.54) is 11.0 Å². The zero-order valence-corrected chi connectivity index (χ0v) is 12.0. The van der Waals surface area contributed by atoms with Crippen molar-refractivity contribution in [2.24, 2.45) is 0 Å². The van der Waals surface area contributed by atoms with Gasteiger partial charge in [-0.2, -0.15) is 9.90 Å². The van der Waals surface area contributed by atoms with Gasteiger partial charge in [0.25, 0.3) is 0 Å². The Bertz CT molecular complexity index is 554. The molecule has 0 atom stereocenters. The van der Waals surface area contributed by atoms with Crippen LogP contribution in [0, 0.1) is 3.57 Å². The summed E-state index contributed by atoms with van der Waals surface area (Å²) in [6, 6.07) is 7.97. The zero-order chi connectivity index (χ0) is 13.0. The number of hydrogen-bond acceptors (Lipinski definition) is 4. The second kappa shape index (κ2) is 5.94. The van der Waals surface area contributed by atoms with Gasteiger partial charge in [0.1, 0.15) is 0 Å². The first kappa shape index (κ1) is 13.0. The number of carbonyl (C=O) groups is 1. The molecule has 0 spiro atoms. The Morgan fingerprint density at radius 2 is 2.22 bits per heavy atom. The van der Waals surface area contributed by atoms with Gasteiger partial charge in [0.2, 0.25) is 0 Å². The fraction of sp³-hybridized carbons (Fsp3) is 0.250. The molecule has 0 unspecified atom stereocenters. The molecule has 0 aliphatic rings. The fourth-order valence-electron chi connectivity index (χ4n) is 1.45. The molecule has 1 aromatic heterocycles. The summed E-state index contributed by atoms with van der Waals surface area (Å²) >= 11 is 2.26. The smallest absolute Gasteiger partial charge is 0.360 e. The van der Waals surface area contributed by atoms with Gasteiger partial charge >= 0.3 is 5.97 Å². The van der Waals surface area contributed by atoms with Crippen LogP contribution in [0.5, 0.6) is 0 Å². The lowest BCUT2D eigenvalue weighted by Crippen LogP contribution is -2.09. The van der Waals surface area contributed by atoms with E-state index in [2.05, 4.69) is 32.8 Å². The average molecular weight is 357 g/mol. The number of nitrogens with zero attached hydrogens (tertiary/aromatic N) is 3. The predicted octanol–water partition coefficient (Wildman–Crippen LogP) is 2.11. The molecule has 0 aliphatic carbocycles. The van der Waals surface area contributed by atoms with Crippen LogP contribution in [0.3, 0.4) is 0 Å². The second-order valence-corrected chi connectivity index (χ2v) is 4.73. The first-order chi connectivity index (χ1) is 8.70. The minimum Gasteiger partial charge on any atom is -0.461 e. The first-order valence-corrected chi connectivity index (χ1v) is 6.59. The Balaban J connectivity index is 2.12. The van der Waals surface area contributed by atoms with Crippen molar-refractivity contribution in [1.29, 1.82) is 0 Å². The maximum absolute atomic E-state index is 11.4. The van der Waals surface area contributed by atoms with E-state index in [9.17, 15) is 4.79 Å². The number of benzene rings is 1. The zero-order valence-electron chi connectivity index (χ0n) is 9.84. The molecule has 0 fully saturated rings. The van der Waals surface area contributed by atoms with E-state index in [0.717, 1.165) is 9.13 Å². The van der Waals surface area contributed by atoms with Gasteiger partial charge in [-0.3, -0.25) is 0 Å². The van der Waals surface area contributed by atoms with Crippen LogP contribution in [-0.2, 0) is 11.3 Å². The highest BCUT2D eigenvalue weighted by atomic mass is 127. The first-order valence-electron chi connectivity index (χ1n) is 5.51. The van der Waals surface area contributed by atoms with E-state index in [1.807, 2.05) is 24.3 Å². The maximum atomic E-state index is 11.4. The lowest BCUT2D eigenvalue weighted by atomic mass is 10.2. The minimum atomic E-state index is -0.438. The summed E-state index contributed by atoms with van der Waals surface area (Å²) in [7, 11) is 0. The molecule has 6 heteroatoms. The van der Waals surface area contributed by atoms with Gasteiger partial charge in [0.15, 0.2) is 5.69 Å². The molecule has 0 N–H and O–H groups in total. The predicted molar refractivity (Wildman–Crippen MR) is 74.2 cm³/mol. The molecule has 0 saturated carbocycles. The number of aromatic nitrogens is 3. The van der Waals surface area contributed by atoms with Crippen molar-refractivity contribution >= 4 is 28.6 Å². The van der Waals surface area contributed by atoms with Crippen molar-refractivity contribution in [1.82, 2.24) is 15.0 Å². The van der Waals surface area contributed by atoms with E-state index in [-0.39, 0.29) is 5.69 Å². The van der Waals surface area contributed by atoms with Gasteiger partial charge in [0.05, 0.1) is 19.3 Å². The number of esters is 1. The highest BCUT2D eigenvalue weighted by Gasteiger charge is 2.11. The van der Waals surface area contributed by atoms with E-state index >= 15 is 0 Å². The molecule has 1 aromatic carbocycles. The Morgan fingerprint density at radius 3 is 2.94 bits per heavy atom.